The van der Waals surface area contributed by atoms with Gasteiger partial charge in [0.25, 0.3) is 0 Å². The molecule has 234 valence electrons. The van der Waals surface area contributed by atoms with Crippen LogP contribution < -0.4 is 9.05 Å². The first-order valence-electron chi connectivity index (χ1n) is 14.6. The van der Waals surface area contributed by atoms with E-state index in [9.17, 15) is 14.4 Å². The lowest BCUT2D eigenvalue weighted by atomic mass is 9.81. The number of hydrogen-bond acceptors (Lipinski definition) is 7. The van der Waals surface area contributed by atoms with Gasteiger partial charge in [0.15, 0.2) is 0 Å². The fourth-order valence-corrected chi connectivity index (χ4v) is 7.29. The Hall–Kier alpha value is -3.52. The molecule has 1 spiro atoms. The fraction of sp³-hybridized carbons (Fsp3) is 0.531. The van der Waals surface area contributed by atoms with Crippen molar-refractivity contribution in [3.05, 3.63) is 57.6 Å². The summed E-state index contributed by atoms with van der Waals surface area (Å²) in [6.07, 6.45) is -2.79. The Bertz CT molecular complexity index is 1460. The number of amides is 4. The van der Waals surface area contributed by atoms with Gasteiger partial charge in [-0.25, -0.2) is 14.4 Å². The van der Waals surface area contributed by atoms with Gasteiger partial charge in [0.2, 0.25) is 0 Å². The zero-order valence-corrected chi connectivity index (χ0v) is 28.2. The van der Waals surface area contributed by atoms with E-state index in [1.54, 1.807) is 27.7 Å². The molecule has 2 aliphatic rings. The summed E-state index contributed by atoms with van der Waals surface area (Å²) < 4.78 is 29.7. The molecule has 0 bridgehead atoms. The van der Waals surface area contributed by atoms with Crippen molar-refractivity contribution in [3.63, 3.8) is 0 Å². The van der Waals surface area contributed by atoms with Gasteiger partial charge in [-0.3, -0.25) is 0 Å². The van der Waals surface area contributed by atoms with Gasteiger partial charge >= 0.3 is 25.9 Å². The summed E-state index contributed by atoms with van der Waals surface area (Å²) in [5.41, 5.74) is 4.67. The normalized spacial score (nSPS) is 16.2. The summed E-state index contributed by atoms with van der Waals surface area (Å²) in [6, 6.07) is 7.07. The lowest BCUT2D eigenvalue weighted by Crippen LogP contribution is -2.49. The van der Waals surface area contributed by atoms with Crippen LogP contribution >= 0.6 is 7.66 Å². The van der Waals surface area contributed by atoms with Gasteiger partial charge in [0.1, 0.15) is 11.5 Å². The third kappa shape index (κ3) is 6.40. The summed E-state index contributed by atoms with van der Waals surface area (Å²) >= 11 is 0. The van der Waals surface area contributed by atoms with Crippen molar-refractivity contribution in [3.8, 4) is 11.5 Å². The van der Waals surface area contributed by atoms with Crippen molar-refractivity contribution in [1.29, 1.82) is 0 Å². The number of carbonyl (C=O) groups is 3. The third-order valence-electron chi connectivity index (χ3n) is 6.87. The summed E-state index contributed by atoms with van der Waals surface area (Å²) in [5, 5.41) is 0.537. The molecule has 0 saturated carbocycles. The fourth-order valence-electron chi connectivity index (χ4n) is 5.10. The van der Waals surface area contributed by atoms with E-state index in [4.69, 9.17) is 18.5 Å². The minimum absolute atomic E-state index is 0.394. The molecule has 0 aromatic heterocycles. The maximum atomic E-state index is 13.9. The molecule has 0 unspecified atom stereocenters. The predicted molar refractivity (Wildman–Crippen MR) is 165 cm³/mol. The molecule has 2 heterocycles. The zero-order chi connectivity index (χ0) is 32.2. The number of rotatable bonds is 2. The first-order chi connectivity index (χ1) is 19.7. The zero-order valence-electron chi connectivity index (χ0n) is 27.3. The molecule has 2 aliphatic heterocycles. The number of fused-ring (bicyclic) bond motifs is 2. The highest BCUT2D eigenvalue weighted by molar-refractivity contribution is 7.56. The highest BCUT2D eigenvalue weighted by atomic mass is 31.2. The van der Waals surface area contributed by atoms with Gasteiger partial charge in [-0.15, -0.1) is 9.75 Å². The minimum Gasteiger partial charge on any atom is -0.445 e. The highest BCUT2D eigenvalue weighted by Gasteiger charge is 2.57. The molecule has 2 aromatic rings. The van der Waals surface area contributed by atoms with Crippen LogP contribution in [0.25, 0.3) is 0 Å². The summed E-state index contributed by atoms with van der Waals surface area (Å²) in [7, 11) is -4.17. The molecule has 0 aliphatic carbocycles. The smallest absolute Gasteiger partial charge is 0.445 e. The minimum atomic E-state index is -4.17. The molecule has 0 radical (unpaired) electrons. The van der Waals surface area contributed by atoms with Crippen molar-refractivity contribution in [2.45, 2.75) is 113 Å². The van der Waals surface area contributed by atoms with Gasteiger partial charge in [0, 0.05) is 17.5 Å². The van der Waals surface area contributed by atoms with Crippen LogP contribution in [-0.4, -0.2) is 40.2 Å². The molecular weight excluding hydrogens is 569 g/mol. The second kappa shape index (κ2) is 11.2. The molecule has 43 heavy (non-hydrogen) atoms. The average molecular weight is 614 g/mol. The molecule has 10 nitrogen and oxygen atoms in total. The SMILES string of the molecule is Cc1cc2c(c(C(C)(C)C)c1)OP1(=NC(=O)N(C(=O)OC(C)C)N1C(=O)OC(C)C)Oc1c(cc(C)cc1C(C)(C)C)C2. The van der Waals surface area contributed by atoms with Gasteiger partial charge < -0.3 is 18.5 Å². The van der Waals surface area contributed by atoms with E-state index < -0.39 is 48.9 Å². The lowest BCUT2D eigenvalue weighted by molar-refractivity contribution is 0.0220. The van der Waals surface area contributed by atoms with Gasteiger partial charge in [-0.2, -0.15) is 0 Å². The van der Waals surface area contributed by atoms with E-state index in [-0.39, 0.29) is 0 Å². The maximum Gasteiger partial charge on any atom is 0.459 e. The van der Waals surface area contributed by atoms with E-state index in [1.165, 1.54) is 0 Å². The van der Waals surface area contributed by atoms with Gasteiger partial charge in [-0.05, 0) is 63.5 Å². The molecule has 0 saturated heterocycles. The van der Waals surface area contributed by atoms with Crippen LogP contribution in [-0.2, 0) is 26.7 Å². The van der Waals surface area contributed by atoms with Crippen LogP contribution in [0.5, 0.6) is 11.5 Å². The third-order valence-corrected chi connectivity index (χ3v) is 8.95. The Kier molecular flexibility index (Phi) is 8.44. The van der Waals surface area contributed by atoms with Gasteiger partial charge in [-0.1, -0.05) is 81.7 Å². The molecule has 4 amide bonds. The molecule has 11 heteroatoms. The van der Waals surface area contributed by atoms with E-state index in [0.29, 0.717) is 22.9 Å². The van der Waals surface area contributed by atoms with Crippen molar-refractivity contribution in [1.82, 2.24) is 9.79 Å². The summed E-state index contributed by atoms with van der Waals surface area (Å²) in [4.78, 5) is 40.9. The lowest BCUT2D eigenvalue weighted by Gasteiger charge is -2.37. The van der Waals surface area contributed by atoms with E-state index >= 15 is 0 Å². The van der Waals surface area contributed by atoms with Crippen molar-refractivity contribution < 1.29 is 32.9 Å². The summed E-state index contributed by atoms with van der Waals surface area (Å²) in [5.74, 6) is 0.905. The van der Waals surface area contributed by atoms with E-state index in [0.717, 1.165) is 38.2 Å². The largest absolute Gasteiger partial charge is 0.459 e. The Morgan fingerprint density at radius 1 is 0.791 bits per heavy atom. The van der Waals surface area contributed by atoms with Crippen LogP contribution in [0.3, 0.4) is 0 Å². The molecular formula is C32H44N3O7P. The second-order valence-corrected chi connectivity index (χ2v) is 15.7. The number of nitrogens with zero attached hydrogens (tertiary/aromatic N) is 3. The quantitative estimate of drug-likeness (QED) is 0.311. The maximum absolute atomic E-state index is 13.9. The van der Waals surface area contributed by atoms with Crippen LogP contribution in [0.15, 0.2) is 29.0 Å². The molecule has 0 N–H and O–H groups in total. The van der Waals surface area contributed by atoms with Crippen LogP contribution in [0.1, 0.15) is 103 Å². The number of hydrazine groups is 1. The van der Waals surface area contributed by atoms with E-state index in [1.807, 2.05) is 38.1 Å². The number of hydrogen-bond donors (Lipinski definition) is 0. The molecule has 4 rings (SSSR count). The number of carbonyl (C=O) groups excluding carboxylic acids is 3. The van der Waals surface area contributed by atoms with Gasteiger partial charge in [0.05, 0.1) is 12.2 Å². The number of ether oxygens (including phenoxy) is 2. The highest BCUT2D eigenvalue weighted by Crippen LogP contribution is 2.63. The number of aryl methyl sites for hydroxylation is 2. The van der Waals surface area contributed by atoms with Crippen LogP contribution in [0.2, 0.25) is 0 Å². The number of imide groups is 1. The standard InChI is InChI=1S/C32H44N3O7P/c1-18(2)39-29(37)34-28(36)33-43(35(34)30(38)40-19(3)4)41-26-22(13-20(5)15-24(26)31(7,8)9)17-23-14-21(6)16-25(27(23)42-43)32(10,11)12/h13-16,18-19H,17H2,1-12H3. The first kappa shape index (κ1) is 32.4. The van der Waals surface area contributed by atoms with E-state index in [2.05, 4.69) is 46.3 Å². The molecule has 2 aromatic carbocycles. The Balaban J connectivity index is 2.12. The molecule has 0 fully saturated rings. The predicted octanol–water partition coefficient (Wildman–Crippen LogP) is 8.95. The Morgan fingerprint density at radius 3 is 1.60 bits per heavy atom. The van der Waals surface area contributed by atoms with Crippen LogP contribution in [0, 0.1) is 13.8 Å². The van der Waals surface area contributed by atoms with Crippen molar-refractivity contribution in [2.24, 2.45) is 4.74 Å². The first-order valence-corrected chi connectivity index (χ1v) is 16.1. The number of urea groups is 1. The Labute approximate surface area is 254 Å². The number of benzene rings is 2. The Morgan fingerprint density at radius 2 is 1.21 bits per heavy atom. The second-order valence-electron chi connectivity index (χ2n) is 13.8. The van der Waals surface area contributed by atoms with Crippen molar-refractivity contribution in [2.75, 3.05) is 0 Å². The van der Waals surface area contributed by atoms with Crippen LogP contribution in [0.4, 0.5) is 14.4 Å². The summed E-state index contributed by atoms with van der Waals surface area (Å²) in [6.45, 7) is 23.0. The average Bonchev–Trinajstić information content (AvgIpc) is 3.10. The monoisotopic (exact) mass is 613 g/mol. The van der Waals surface area contributed by atoms with Crippen molar-refractivity contribution >= 4 is 25.9 Å². The molecule has 0 atom stereocenters. The topological polar surface area (TPSA) is 107 Å².